The molecule has 0 bridgehead atoms. The molecule has 0 spiro atoms. The van der Waals surface area contributed by atoms with Crippen molar-refractivity contribution < 1.29 is 4.79 Å². The molecule has 1 rings (SSSR count). The maximum Gasteiger partial charge on any atom is 0.236 e. The standard InChI is InChI=1S/C6H10ClNOS/c1-10-6(2-3-6)4(7)5(8)9/h4H,2-3H2,1H3,(H2,8,9). The summed E-state index contributed by atoms with van der Waals surface area (Å²) in [6.07, 6.45) is 4.00. The van der Waals surface area contributed by atoms with Gasteiger partial charge >= 0.3 is 0 Å². The Morgan fingerprint density at radius 2 is 2.30 bits per heavy atom. The second-order valence-corrected chi connectivity index (χ2v) is 4.19. The highest BCUT2D eigenvalue weighted by molar-refractivity contribution is 8.00. The Labute approximate surface area is 69.5 Å². The van der Waals surface area contributed by atoms with Crippen molar-refractivity contribution in [3.8, 4) is 0 Å². The van der Waals surface area contributed by atoms with Gasteiger partial charge in [0.1, 0.15) is 5.38 Å². The summed E-state index contributed by atoms with van der Waals surface area (Å²) in [7, 11) is 0. The maximum absolute atomic E-state index is 10.6. The zero-order valence-corrected chi connectivity index (χ0v) is 7.34. The number of thioether (sulfide) groups is 1. The fraction of sp³-hybridized carbons (Fsp3) is 0.833. The molecule has 1 aliphatic carbocycles. The highest BCUT2D eigenvalue weighted by Gasteiger charge is 2.50. The van der Waals surface area contributed by atoms with Crippen LogP contribution >= 0.6 is 23.4 Å². The van der Waals surface area contributed by atoms with E-state index in [1.54, 1.807) is 11.8 Å². The number of hydrogen-bond donors (Lipinski definition) is 1. The molecule has 0 aromatic carbocycles. The van der Waals surface area contributed by atoms with Crippen LogP contribution in [0, 0.1) is 0 Å². The molecule has 0 aliphatic heterocycles. The quantitative estimate of drug-likeness (QED) is 0.657. The monoisotopic (exact) mass is 179 g/mol. The van der Waals surface area contributed by atoms with Crippen LogP contribution in [0.3, 0.4) is 0 Å². The summed E-state index contributed by atoms with van der Waals surface area (Å²) in [4.78, 5) is 10.6. The average molecular weight is 180 g/mol. The first-order valence-corrected chi connectivity index (χ1v) is 4.77. The third kappa shape index (κ3) is 1.25. The van der Waals surface area contributed by atoms with Gasteiger partial charge in [-0.05, 0) is 19.1 Å². The lowest BCUT2D eigenvalue weighted by Gasteiger charge is -2.14. The molecule has 1 amide bonds. The minimum absolute atomic E-state index is 0.0204. The fourth-order valence-corrected chi connectivity index (χ4v) is 2.26. The summed E-state index contributed by atoms with van der Waals surface area (Å²) < 4.78 is -0.0204. The van der Waals surface area contributed by atoms with Gasteiger partial charge in [0, 0.05) is 4.75 Å². The number of alkyl halides is 1. The van der Waals surface area contributed by atoms with Gasteiger partial charge in [0.15, 0.2) is 0 Å². The van der Waals surface area contributed by atoms with Crippen molar-refractivity contribution >= 4 is 29.3 Å². The normalized spacial score (nSPS) is 23.8. The number of amides is 1. The van der Waals surface area contributed by atoms with Gasteiger partial charge in [-0.2, -0.15) is 11.8 Å². The number of rotatable bonds is 3. The highest BCUT2D eigenvalue weighted by atomic mass is 35.5. The Morgan fingerprint density at radius 3 is 2.40 bits per heavy atom. The van der Waals surface area contributed by atoms with Gasteiger partial charge in [-0.3, -0.25) is 4.79 Å². The van der Waals surface area contributed by atoms with Crippen molar-refractivity contribution in [1.29, 1.82) is 0 Å². The molecule has 2 nitrogen and oxygen atoms in total. The third-order valence-corrected chi connectivity index (χ3v) is 4.08. The van der Waals surface area contributed by atoms with Gasteiger partial charge in [0.05, 0.1) is 0 Å². The molecule has 0 aromatic heterocycles. The molecule has 10 heavy (non-hydrogen) atoms. The van der Waals surface area contributed by atoms with Crippen LogP contribution in [0.1, 0.15) is 12.8 Å². The highest BCUT2D eigenvalue weighted by Crippen LogP contribution is 2.51. The van der Waals surface area contributed by atoms with E-state index in [-0.39, 0.29) is 4.75 Å². The lowest BCUT2D eigenvalue weighted by molar-refractivity contribution is -0.117. The predicted molar refractivity (Wildman–Crippen MR) is 44.3 cm³/mol. The first kappa shape index (κ1) is 8.21. The number of primary amides is 1. The predicted octanol–water partition coefficient (Wildman–Crippen LogP) is 0.975. The van der Waals surface area contributed by atoms with E-state index in [9.17, 15) is 4.79 Å². The summed E-state index contributed by atoms with van der Waals surface area (Å²) in [5.74, 6) is -0.395. The number of carbonyl (C=O) groups is 1. The Bertz CT molecular complexity index is 158. The Kier molecular flexibility index (Phi) is 2.15. The third-order valence-electron chi connectivity index (χ3n) is 1.86. The SMILES string of the molecule is CSC1(C(Cl)C(N)=O)CC1. The molecule has 0 saturated heterocycles. The molecule has 58 valence electrons. The Morgan fingerprint density at radius 1 is 1.80 bits per heavy atom. The topological polar surface area (TPSA) is 43.1 Å². The van der Waals surface area contributed by atoms with Crippen molar-refractivity contribution in [2.75, 3.05) is 6.26 Å². The van der Waals surface area contributed by atoms with Crippen LogP contribution in [0.4, 0.5) is 0 Å². The van der Waals surface area contributed by atoms with E-state index >= 15 is 0 Å². The van der Waals surface area contributed by atoms with Crippen molar-refractivity contribution in [2.24, 2.45) is 5.73 Å². The molecule has 0 heterocycles. The van der Waals surface area contributed by atoms with Crippen molar-refractivity contribution in [3.63, 3.8) is 0 Å². The molecule has 0 aromatic rings. The molecular formula is C6H10ClNOS. The first-order chi connectivity index (χ1) is 4.62. The van der Waals surface area contributed by atoms with E-state index in [0.717, 1.165) is 12.8 Å². The second kappa shape index (κ2) is 2.62. The van der Waals surface area contributed by atoms with Crippen LogP contribution in [-0.2, 0) is 4.79 Å². The zero-order valence-electron chi connectivity index (χ0n) is 5.76. The average Bonchev–Trinajstić information content (AvgIpc) is 2.66. The summed E-state index contributed by atoms with van der Waals surface area (Å²) in [6.45, 7) is 0. The molecule has 4 heteroatoms. The Balaban J connectivity index is 2.55. The number of carbonyl (C=O) groups excluding carboxylic acids is 1. The van der Waals surface area contributed by atoms with Crippen LogP contribution < -0.4 is 5.73 Å². The molecule has 1 aliphatic rings. The van der Waals surface area contributed by atoms with Gasteiger partial charge in [-0.25, -0.2) is 0 Å². The van der Waals surface area contributed by atoms with Crippen LogP contribution in [0.5, 0.6) is 0 Å². The molecule has 0 radical (unpaired) electrons. The summed E-state index contributed by atoms with van der Waals surface area (Å²) in [6, 6.07) is 0. The van der Waals surface area contributed by atoms with Crippen LogP contribution in [0.2, 0.25) is 0 Å². The van der Waals surface area contributed by atoms with E-state index in [1.807, 2.05) is 6.26 Å². The van der Waals surface area contributed by atoms with Gasteiger partial charge in [0.2, 0.25) is 5.91 Å². The summed E-state index contributed by atoms with van der Waals surface area (Å²) >= 11 is 7.42. The molecule has 1 saturated carbocycles. The largest absolute Gasteiger partial charge is 0.368 e. The Hall–Kier alpha value is 0.110. The molecule has 1 fully saturated rings. The molecule has 1 atom stereocenters. The van der Waals surface area contributed by atoms with E-state index in [4.69, 9.17) is 17.3 Å². The van der Waals surface area contributed by atoms with Gasteiger partial charge in [0.25, 0.3) is 0 Å². The van der Waals surface area contributed by atoms with E-state index in [0.29, 0.717) is 0 Å². The van der Waals surface area contributed by atoms with Crippen LogP contribution in [0.15, 0.2) is 0 Å². The molecule has 2 N–H and O–H groups in total. The van der Waals surface area contributed by atoms with Gasteiger partial charge in [-0.1, -0.05) is 0 Å². The van der Waals surface area contributed by atoms with Crippen molar-refractivity contribution in [3.05, 3.63) is 0 Å². The van der Waals surface area contributed by atoms with Gasteiger partial charge < -0.3 is 5.73 Å². The van der Waals surface area contributed by atoms with E-state index in [1.165, 1.54) is 0 Å². The minimum atomic E-state index is -0.484. The number of halogens is 1. The first-order valence-electron chi connectivity index (χ1n) is 3.11. The minimum Gasteiger partial charge on any atom is -0.368 e. The molecular weight excluding hydrogens is 170 g/mol. The van der Waals surface area contributed by atoms with Crippen molar-refractivity contribution in [1.82, 2.24) is 0 Å². The van der Waals surface area contributed by atoms with Crippen LogP contribution in [0.25, 0.3) is 0 Å². The van der Waals surface area contributed by atoms with E-state index < -0.39 is 11.3 Å². The second-order valence-electron chi connectivity index (χ2n) is 2.53. The smallest absolute Gasteiger partial charge is 0.236 e. The molecule has 1 unspecified atom stereocenters. The maximum atomic E-state index is 10.6. The number of hydrogen-bond acceptors (Lipinski definition) is 2. The van der Waals surface area contributed by atoms with Gasteiger partial charge in [-0.15, -0.1) is 11.6 Å². The van der Waals surface area contributed by atoms with E-state index in [2.05, 4.69) is 0 Å². The lowest BCUT2D eigenvalue weighted by atomic mass is 10.3. The lowest BCUT2D eigenvalue weighted by Crippen LogP contribution is -2.33. The van der Waals surface area contributed by atoms with Crippen LogP contribution in [-0.4, -0.2) is 22.3 Å². The fourth-order valence-electron chi connectivity index (χ4n) is 0.944. The summed E-state index contributed by atoms with van der Waals surface area (Å²) in [5.41, 5.74) is 5.05. The van der Waals surface area contributed by atoms with Crippen molar-refractivity contribution in [2.45, 2.75) is 23.0 Å². The number of nitrogens with two attached hydrogens (primary N) is 1. The zero-order chi connectivity index (χ0) is 7.78. The summed E-state index contributed by atoms with van der Waals surface area (Å²) in [5, 5.41) is -0.484.